The van der Waals surface area contributed by atoms with E-state index in [0.717, 1.165) is 5.56 Å². The Morgan fingerprint density at radius 2 is 2.04 bits per heavy atom. The molecule has 1 unspecified atom stereocenters. The Bertz CT molecular complexity index is 847. The molecule has 2 amide bonds. The third-order valence-corrected chi connectivity index (χ3v) is 4.50. The van der Waals surface area contributed by atoms with E-state index in [1.807, 2.05) is 18.2 Å². The van der Waals surface area contributed by atoms with Gasteiger partial charge in [0.15, 0.2) is 0 Å². The van der Waals surface area contributed by atoms with Crippen LogP contribution in [0.3, 0.4) is 0 Å². The smallest absolute Gasteiger partial charge is 0.254 e. The Hall–Kier alpha value is -2.15. The van der Waals surface area contributed by atoms with Gasteiger partial charge in [0, 0.05) is 37.1 Å². The molecule has 0 radical (unpaired) electrons. The van der Waals surface area contributed by atoms with Crippen molar-refractivity contribution in [2.45, 2.75) is 13.0 Å². The first-order chi connectivity index (χ1) is 12.5. The van der Waals surface area contributed by atoms with Crippen LogP contribution < -0.4 is 10.6 Å². The van der Waals surface area contributed by atoms with Gasteiger partial charge in [0.1, 0.15) is 5.82 Å². The highest BCUT2D eigenvalue weighted by atomic mass is 35.5. The molecule has 0 spiro atoms. The number of hydrogen-bond donors (Lipinski definition) is 2. The lowest BCUT2D eigenvalue weighted by atomic mass is 10.0. The summed E-state index contributed by atoms with van der Waals surface area (Å²) in [6.07, 6.45) is 0. The molecular weight excluding hydrogens is 392 g/mol. The maximum Gasteiger partial charge on any atom is 0.254 e. The summed E-state index contributed by atoms with van der Waals surface area (Å²) in [4.78, 5) is 26.0. The van der Waals surface area contributed by atoms with Crippen LogP contribution in [0.15, 0.2) is 42.5 Å². The molecule has 1 aliphatic rings. The number of carbonyl (C=O) groups is 2. The Balaban J connectivity index is 0.00000261. The number of carbonyl (C=O) groups excluding carboxylic acids is 2. The van der Waals surface area contributed by atoms with Crippen molar-refractivity contribution in [2.75, 3.05) is 25.0 Å². The van der Waals surface area contributed by atoms with Crippen molar-refractivity contribution in [3.8, 4) is 0 Å². The number of hydrogen-bond acceptors (Lipinski definition) is 3. The topological polar surface area (TPSA) is 61.4 Å². The van der Waals surface area contributed by atoms with Gasteiger partial charge in [-0.15, -0.1) is 12.4 Å². The van der Waals surface area contributed by atoms with Crippen LogP contribution in [0.4, 0.5) is 10.1 Å². The molecule has 0 saturated carbocycles. The Kier molecular flexibility index (Phi) is 7.18. The zero-order valence-corrected chi connectivity index (χ0v) is 16.2. The van der Waals surface area contributed by atoms with E-state index in [0.29, 0.717) is 30.2 Å². The monoisotopic (exact) mass is 411 g/mol. The predicted molar refractivity (Wildman–Crippen MR) is 106 cm³/mol. The molecule has 2 aromatic rings. The summed E-state index contributed by atoms with van der Waals surface area (Å²) in [6, 6.07) is 11.2. The summed E-state index contributed by atoms with van der Waals surface area (Å²) >= 11 is 6.09. The summed E-state index contributed by atoms with van der Waals surface area (Å²) < 4.78 is 13.9. The van der Waals surface area contributed by atoms with Crippen LogP contribution in [-0.2, 0) is 4.79 Å². The highest BCUT2D eigenvalue weighted by molar-refractivity contribution is 6.30. The van der Waals surface area contributed by atoms with Gasteiger partial charge in [0.05, 0.1) is 11.7 Å². The van der Waals surface area contributed by atoms with Crippen molar-refractivity contribution >= 4 is 41.5 Å². The van der Waals surface area contributed by atoms with Gasteiger partial charge in [-0.1, -0.05) is 23.7 Å². The average molecular weight is 412 g/mol. The number of amides is 2. The van der Waals surface area contributed by atoms with E-state index in [2.05, 4.69) is 10.6 Å². The fourth-order valence-electron chi connectivity index (χ4n) is 3.07. The molecule has 1 saturated heterocycles. The molecule has 0 aromatic heterocycles. The summed E-state index contributed by atoms with van der Waals surface area (Å²) in [5.74, 6) is -1.20. The molecular formula is C19H20Cl2FN3O2. The van der Waals surface area contributed by atoms with E-state index in [9.17, 15) is 14.0 Å². The fourth-order valence-corrected chi connectivity index (χ4v) is 3.27. The van der Waals surface area contributed by atoms with Crippen molar-refractivity contribution in [1.29, 1.82) is 0 Å². The van der Waals surface area contributed by atoms with E-state index in [1.54, 1.807) is 11.0 Å². The minimum Gasteiger partial charge on any atom is -0.329 e. The maximum absolute atomic E-state index is 13.9. The number of piperazine rings is 1. The van der Waals surface area contributed by atoms with Gasteiger partial charge in [0.2, 0.25) is 5.91 Å². The average Bonchev–Trinajstić information content (AvgIpc) is 2.62. The van der Waals surface area contributed by atoms with Crippen molar-refractivity contribution in [3.05, 3.63) is 64.4 Å². The molecule has 0 aliphatic carbocycles. The number of benzene rings is 2. The van der Waals surface area contributed by atoms with Gasteiger partial charge in [-0.05, 0) is 35.9 Å². The minimum atomic E-state index is -0.580. The van der Waals surface area contributed by atoms with Gasteiger partial charge in [-0.3, -0.25) is 9.59 Å². The van der Waals surface area contributed by atoms with Crippen molar-refractivity contribution in [2.24, 2.45) is 0 Å². The predicted octanol–water partition coefficient (Wildman–Crippen LogP) is 3.65. The molecule has 1 heterocycles. The molecule has 5 nitrogen and oxygen atoms in total. The molecule has 3 rings (SSSR count). The normalized spacial score (nSPS) is 16.4. The second kappa shape index (κ2) is 9.17. The van der Waals surface area contributed by atoms with Crippen LogP contribution in [0.2, 0.25) is 5.02 Å². The zero-order chi connectivity index (χ0) is 18.7. The second-order valence-corrected chi connectivity index (χ2v) is 6.59. The molecule has 1 fully saturated rings. The van der Waals surface area contributed by atoms with Gasteiger partial charge in [-0.2, -0.15) is 0 Å². The lowest BCUT2D eigenvalue weighted by Gasteiger charge is -2.36. The lowest BCUT2D eigenvalue weighted by molar-refractivity contribution is -0.114. The molecule has 27 heavy (non-hydrogen) atoms. The molecule has 1 atom stereocenters. The molecule has 0 bridgehead atoms. The van der Waals surface area contributed by atoms with Gasteiger partial charge < -0.3 is 15.5 Å². The number of halogens is 3. The van der Waals surface area contributed by atoms with Crippen LogP contribution in [0.5, 0.6) is 0 Å². The zero-order valence-electron chi connectivity index (χ0n) is 14.7. The van der Waals surface area contributed by atoms with Gasteiger partial charge in [0.25, 0.3) is 5.91 Å². The second-order valence-electron chi connectivity index (χ2n) is 6.15. The lowest BCUT2D eigenvalue weighted by Crippen LogP contribution is -2.48. The molecule has 144 valence electrons. The molecule has 2 aromatic carbocycles. The first-order valence-corrected chi connectivity index (χ1v) is 8.68. The number of nitrogens with one attached hydrogen (secondary N) is 2. The third-order valence-electron chi connectivity index (χ3n) is 4.26. The van der Waals surface area contributed by atoms with Crippen molar-refractivity contribution in [3.63, 3.8) is 0 Å². The number of anilines is 1. The van der Waals surface area contributed by atoms with E-state index in [1.165, 1.54) is 25.1 Å². The van der Waals surface area contributed by atoms with Crippen LogP contribution in [0, 0.1) is 5.82 Å². The van der Waals surface area contributed by atoms with E-state index in [4.69, 9.17) is 11.6 Å². The van der Waals surface area contributed by atoms with E-state index < -0.39 is 11.7 Å². The van der Waals surface area contributed by atoms with Crippen LogP contribution in [-0.4, -0.2) is 36.3 Å². The quantitative estimate of drug-likeness (QED) is 0.809. The van der Waals surface area contributed by atoms with Gasteiger partial charge >= 0.3 is 0 Å². The van der Waals surface area contributed by atoms with Crippen LogP contribution in [0.25, 0.3) is 0 Å². The highest BCUT2D eigenvalue weighted by Gasteiger charge is 2.29. The Labute approximate surface area is 168 Å². The van der Waals surface area contributed by atoms with E-state index in [-0.39, 0.29) is 30.0 Å². The first-order valence-electron chi connectivity index (χ1n) is 8.30. The summed E-state index contributed by atoms with van der Waals surface area (Å²) in [5, 5.41) is 6.30. The van der Waals surface area contributed by atoms with E-state index >= 15 is 0 Å². The Morgan fingerprint density at radius 1 is 1.26 bits per heavy atom. The third kappa shape index (κ3) is 4.97. The van der Waals surface area contributed by atoms with Crippen molar-refractivity contribution < 1.29 is 14.0 Å². The number of rotatable bonds is 3. The standard InChI is InChI=1S/C19H19ClFN3O2.ClH/c1-12(25)23-17-10-14(5-6-16(17)21)19(26)24-8-7-22-11-18(24)13-3-2-4-15(20)9-13;/h2-6,9-10,18,22H,7-8,11H2,1H3,(H,23,25);1H. The molecule has 8 heteroatoms. The number of nitrogens with zero attached hydrogens (tertiary/aromatic N) is 1. The van der Waals surface area contributed by atoms with Crippen molar-refractivity contribution in [1.82, 2.24) is 10.2 Å². The first kappa shape index (κ1) is 21.2. The fraction of sp³-hybridized carbons (Fsp3) is 0.263. The molecule has 2 N–H and O–H groups in total. The Morgan fingerprint density at radius 3 is 2.74 bits per heavy atom. The molecule has 1 aliphatic heterocycles. The van der Waals surface area contributed by atoms with Crippen LogP contribution in [0.1, 0.15) is 28.9 Å². The van der Waals surface area contributed by atoms with Gasteiger partial charge in [-0.25, -0.2) is 4.39 Å². The largest absolute Gasteiger partial charge is 0.329 e. The summed E-state index contributed by atoms with van der Waals surface area (Å²) in [7, 11) is 0. The summed E-state index contributed by atoms with van der Waals surface area (Å²) in [6.45, 7) is 3.08. The SMILES string of the molecule is CC(=O)Nc1cc(C(=O)N2CCNCC2c2cccc(Cl)c2)ccc1F.Cl. The minimum absolute atomic E-state index is 0. The highest BCUT2D eigenvalue weighted by Crippen LogP contribution is 2.27. The maximum atomic E-state index is 13.9. The van der Waals surface area contributed by atoms with Crippen LogP contribution >= 0.6 is 24.0 Å². The summed E-state index contributed by atoms with van der Waals surface area (Å²) in [5.41, 5.74) is 1.25.